The summed E-state index contributed by atoms with van der Waals surface area (Å²) in [6.45, 7) is 1.62. The Kier molecular flexibility index (Phi) is 3.65. The van der Waals surface area contributed by atoms with Gasteiger partial charge in [-0.3, -0.25) is 0 Å². The molecule has 0 saturated carbocycles. The number of ether oxygens (including phenoxy) is 1. The Morgan fingerprint density at radius 1 is 1.15 bits per heavy atom. The maximum Gasteiger partial charge on any atom is 0.212 e. The molecule has 3 aromatic rings. The molecule has 0 radical (unpaired) electrons. The van der Waals surface area contributed by atoms with Gasteiger partial charge in [-0.05, 0) is 23.3 Å². The van der Waals surface area contributed by atoms with E-state index in [1.165, 1.54) is 16.5 Å². The number of rotatable bonds is 5. The van der Waals surface area contributed by atoms with E-state index in [9.17, 15) is 0 Å². The monoisotopic (exact) mass is 267 g/mol. The molecule has 2 N–H and O–H groups in total. The van der Waals surface area contributed by atoms with E-state index in [0.717, 1.165) is 18.7 Å². The predicted octanol–water partition coefficient (Wildman–Crippen LogP) is 2.86. The molecule has 0 bridgehead atoms. The van der Waals surface area contributed by atoms with Crippen LogP contribution in [-0.2, 0) is 13.1 Å². The SMILES string of the molecule is COc1ccc(CNCc2cccc3[nH]ccc23)cn1. The van der Waals surface area contributed by atoms with Gasteiger partial charge < -0.3 is 15.0 Å². The quantitative estimate of drug-likeness (QED) is 0.747. The van der Waals surface area contributed by atoms with Gasteiger partial charge in [0, 0.05) is 42.5 Å². The zero-order valence-corrected chi connectivity index (χ0v) is 11.4. The molecule has 0 unspecified atom stereocenters. The lowest BCUT2D eigenvalue weighted by Crippen LogP contribution is -2.13. The van der Waals surface area contributed by atoms with Crippen molar-refractivity contribution in [1.82, 2.24) is 15.3 Å². The molecular weight excluding hydrogens is 250 g/mol. The van der Waals surface area contributed by atoms with Crippen LogP contribution in [-0.4, -0.2) is 17.1 Å². The molecule has 0 fully saturated rings. The number of hydrogen-bond donors (Lipinski definition) is 2. The fourth-order valence-electron chi connectivity index (χ4n) is 2.28. The highest BCUT2D eigenvalue weighted by molar-refractivity contribution is 5.82. The Morgan fingerprint density at radius 3 is 2.90 bits per heavy atom. The van der Waals surface area contributed by atoms with Gasteiger partial charge in [0.1, 0.15) is 0 Å². The lowest BCUT2D eigenvalue weighted by Gasteiger charge is -2.07. The fourth-order valence-corrected chi connectivity index (χ4v) is 2.28. The third kappa shape index (κ3) is 2.65. The number of aromatic nitrogens is 2. The smallest absolute Gasteiger partial charge is 0.212 e. The minimum absolute atomic E-state index is 0.644. The molecule has 0 spiro atoms. The first-order valence-electron chi connectivity index (χ1n) is 6.61. The molecule has 1 aromatic carbocycles. The van der Waals surface area contributed by atoms with Gasteiger partial charge in [0.15, 0.2) is 0 Å². The number of nitrogens with one attached hydrogen (secondary N) is 2. The number of benzene rings is 1. The summed E-state index contributed by atoms with van der Waals surface area (Å²) in [6.07, 6.45) is 3.81. The van der Waals surface area contributed by atoms with Crippen molar-refractivity contribution in [1.29, 1.82) is 0 Å². The second-order valence-corrected chi connectivity index (χ2v) is 4.67. The standard InChI is InChI=1S/C16H17N3O/c1-20-16-6-5-12(10-19-16)9-17-11-13-3-2-4-15-14(13)7-8-18-15/h2-8,10,17-18H,9,11H2,1H3. The van der Waals surface area contributed by atoms with Crippen molar-refractivity contribution in [3.05, 3.63) is 59.9 Å². The Morgan fingerprint density at radius 2 is 2.10 bits per heavy atom. The number of hydrogen-bond acceptors (Lipinski definition) is 3. The van der Waals surface area contributed by atoms with E-state index in [2.05, 4.69) is 39.6 Å². The second kappa shape index (κ2) is 5.75. The zero-order valence-electron chi connectivity index (χ0n) is 11.4. The van der Waals surface area contributed by atoms with Crippen molar-refractivity contribution < 1.29 is 4.74 Å². The Hall–Kier alpha value is -2.33. The van der Waals surface area contributed by atoms with Gasteiger partial charge in [-0.2, -0.15) is 0 Å². The van der Waals surface area contributed by atoms with Gasteiger partial charge in [0.05, 0.1) is 7.11 Å². The Balaban J connectivity index is 1.63. The van der Waals surface area contributed by atoms with E-state index >= 15 is 0 Å². The number of H-pyrrole nitrogens is 1. The van der Waals surface area contributed by atoms with Gasteiger partial charge >= 0.3 is 0 Å². The number of fused-ring (bicyclic) bond motifs is 1. The minimum Gasteiger partial charge on any atom is -0.481 e. The summed E-state index contributed by atoms with van der Waals surface area (Å²) in [5.41, 5.74) is 3.62. The van der Waals surface area contributed by atoms with Gasteiger partial charge in [-0.15, -0.1) is 0 Å². The molecule has 0 aliphatic rings. The lowest BCUT2D eigenvalue weighted by atomic mass is 10.1. The van der Waals surface area contributed by atoms with Crippen LogP contribution >= 0.6 is 0 Å². The van der Waals surface area contributed by atoms with E-state index in [-0.39, 0.29) is 0 Å². The third-order valence-electron chi connectivity index (χ3n) is 3.34. The van der Waals surface area contributed by atoms with Crippen LogP contribution in [0.1, 0.15) is 11.1 Å². The second-order valence-electron chi connectivity index (χ2n) is 4.67. The highest BCUT2D eigenvalue weighted by Gasteiger charge is 2.01. The Labute approximate surface area is 117 Å². The van der Waals surface area contributed by atoms with E-state index in [1.54, 1.807) is 7.11 Å². The molecule has 2 aromatic heterocycles. The molecule has 0 aliphatic heterocycles. The molecule has 0 amide bonds. The van der Waals surface area contributed by atoms with Gasteiger partial charge in [0.25, 0.3) is 0 Å². The van der Waals surface area contributed by atoms with E-state index in [4.69, 9.17) is 4.74 Å². The topological polar surface area (TPSA) is 49.9 Å². The molecule has 3 rings (SSSR count). The van der Waals surface area contributed by atoms with E-state index in [0.29, 0.717) is 5.88 Å². The van der Waals surface area contributed by atoms with Crippen molar-refractivity contribution in [2.75, 3.05) is 7.11 Å². The summed E-state index contributed by atoms with van der Waals surface area (Å²) >= 11 is 0. The molecule has 4 heteroatoms. The molecule has 0 atom stereocenters. The summed E-state index contributed by atoms with van der Waals surface area (Å²) in [6, 6.07) is 12.3. The molecule has 0 saturated heterocycles. The van der Waals surface area contributed by atoms with Crippen LogP contribution in [0.3, 0.4) is 0 Å². The van der Waals surface area contributed by atoms with Crippen molar-refractivity contribution in [2.45, 2.75) is 13.1 Å². The van der Waals surface area contributed by atoms with Crippen molar-refractivity contribution >= 4 is 10.9 Å². The number of methoxy groups -OCH3 is 1. The summed E-state index contributed by atoms with van der Waals surface area (Å²) in [5, 5.41) is 4.71. The third-order valence-corrected chi connectivity index (χ3v) is 3.34. The normalized spacial score (nSPS) is 10.8. The summed E-state index contributed by atoms with van der Waals surface area (Å²) in [7, 11) is 1.62. The minimum atomic E-state index is 0.644. The molecule has 20 heavy (non-hydrogen) atoms. The summed E-state index contributed by atoms with van der Waals surface area (Å²) in [4.78, 5) is 7.43. The predicted molar refractivity (Wildman–Crippen MR) is 79.6 cm³/mol. The fraction of sp³-hybridized carbons (Fsp3) is 0.188. The highest BCUT2D eigenvalue weighted by Crippen LogP contribution is 2.17. The highest BCUT2D eigenvalue weighted by atomic mass is 16.5. The van der Waals surface area contributed by atoms with Crippen molar-refractivity contribution in [3.8, 4) is 5.88 Å². The molecule has 4 nitrogen and oxygen atoms in total. The molecule has 2 heterocycles. The van der Waals surface area contributed by atoms with Crippen LogP contribution in [0.4, 0.5) is 0 Å². The van der Waals surface area contributed by atoms with E-state index in [1.807, 2.05) is 24.5 Å². The number of pyridine rings is 1. The molecule has 102 valence electrons. The van der Waals surface area contributed by atoms with Crippen LogP contribution in [0.5, 0.6) is 5.88 Å². The van der Waals surface area contributed by atoms with Gasteiger partial charge in [-0.1, -0.05) is 18.2 Å². The lowest BCUT2D eigenvalue weighted by molar-refractivity contribution is 0.397. The first kappa shape index (κ1) is 12.7. The van der Waals surface area contributed by atoms with Gasteiger partial charge in [-0.25, -0.2) is 4.98 Å². The van der Waals surface area contributed by atoms with Crippen LogP contribution in [0, 0.1) is 0 Å². The van der Waals surface area contributed by atoms with Crippen LogP contribution in [0.25, 0.3) is 10.9 Å². The Bertz CT molecular complexity index is 688. The average molecular weight is 267 g/mol. The van der Waals surface area contributed by atoms with E-state index < -0.39 is 0 Å². The number of nitrogens with zero attached hydrogens (tertiary/aromatic N) is 1. The first-order valence-corrected chi connectivity index (χ1v) is 6.61. The van der Waals surface area contributed by atoms with Crippen LogP contribution in [0.15, 0.2) is 48.8 Å². The summed E-state index contributed by atoms with van der Waals surface area (Å²) < 4.78 is 5.05. The van der Waals surface area contributed by atoms with Crippen molar-refractivity contribution in [3.63, 3.8) is 0 Å². The molecule has 0 aliphatic carbocycles. The van der Waals surface area contributed by atoms with Crippen LogP contribution < -0.4 is 10.1 Å². The summed E-state index contributed by atoms with van der Waals surface area (Å²) in [5.74, 6) is 0.644. The zero-order chi connectivity index (χ0) is 13.8. The maximum atomic E-state index is 5.05. The number of aromatic amines is 1. The van der Waals surface area contributed by atoms with Gasteiger partial charge in [0.2, 0.25) is 5.88 Å². The molecular formula is C16H17N3O. The average Bonchev–Trinajstić information content (AvgIpc) is 2.97. The first-order chi connectivity index (χ1) is 9.86. The maximum absolute atomic E-state index is 5.05. The van der Waals surface area contributed by atoms with Crippen molar-refractivity contribution in [2.24, 2.45) is 0 Å². The largest absolute Gasteiger partial charge is 0.481 e. The van der Waals surface area contributed by atoms with Crippen LogP contribution in [0.2, 0.25) is 0 Å².